The Morgan fingerprint density at radius 2 is 2.19 bits per heavy atom. The minimum atomic E-state index is -0.386. The molecular formula is C22H23FN6O2. The molecule has 2 aliphatic heterocycles. The van der Waals surface area contributed by atoms with Crippen LogP contribution in [0.3, 0.4) is 0 Å². The van der Waals surface area contributed by atoms with Crippen molar-refractivity contribution in [3.05, 3.63) is 48.2 Å². The van der Waals surface area contributed by atoms with Gasteiger partial charge in [0.1, 0.15) is 18.5 Å². The molecule has 0 unspecified atom stereocenters. The Balaban J connectivity index is 1.57. The summed E-state index contributed by atoms with van der Waals surface area (Å²) in [6.45, 7) is 7.62. The Hall–Kier alpha value is -3.36. The second-order valence-corrected chi connectivity index (χ2v) is 8.61. The molecule has 1 atom stereocenters. The molecular weight excluding hydrogens is 399 g/mol. The van der Waals surface area contributed by atoms with E-state index >= 15 is 0 Å². The Labute approximate surface area is 178 Å². The summed E-state index contributed by atoms with van der Waals surface area (Å²) < 4.78 is 28.1. The molecule has 3 aromatic rings. The number of hydrogen-bond acceptors (Lipinski definition) is 7. The molecule has 0 radical (unpaired) electrons. The minimum Gasteiger partial charge on any atom is -0.486 e. The Morgan fingerprint density at radius 1 is 1.32 bits per heavy atom. The molecule has 31 heavy (non-hydrogen) atoms. The maximum absolute atomic E-state index is 14.2. The quantitative estimate of drug-likeness (QED) is 0.597. The normalized spacial score (nSPS) is 21.8. The number of pyridine rings is 1. The van der Waals surface area contributed by atoms with Gasteiger partial charge in [-0.3, -0.25) is 0 Å². The van der Waals surface area contributed by atoms with Crippen LogP contribution in [0.15, 0.2) is 31.2 Å². The van der Waals surface area contributed by atoms with Gasteiger partial charge in [-0.15, -0.1) is 0 Å². The molecule has 3 aromatic heterocycles. The van der Waals surface area contributed by atoms with Crippen LogP contribution in [-0.4, -0.2) is 44.4 Å². The van der Waals surface area contributed by atoms with Crippen molar-refractivity contribution in [2.45, 2.75) is 44.4 Å². The first-order valence-electron chi connectivity index (χ1n) is 10.6. The summed E-state index contributed by atoms with van der Waals surface area (Å²) in [5.74, 6) is 1.44. The van der Waals surface area contributed by atoms with Crippen LogP contribution in [0.1, 0.15) is 37.3 Å². The van der Waals surface area contributed by atoms with Gasteiger partial charge in [-0.25, -0.2) is 18.9 Å². The summed E-state index contributed by atoms with van der Waals surface area (Å²) in [6.07, 6.45) is 7.72. The molecule has 9 heteroatoms. The Kier molecular flexibility index (Phi) is 3.90. The first-order valence-corrected chi connectivity index (χ1v) is 10.6. The molecule has 0 saturated heterocycles. The third kappa shape index (κ3) is 2.83. The maximum Gasteiger partial charge on any atom is 0.218 e. The number of hydrogen-bond donors (Lipinski definition) is 1. The molecule has 1 spiro atoms. The zero-order valence-electron chi connectivity index (χ0n) is 17.3. The molecule has 160 valence electrons. The highest BCUT2D eigenvalue weighted by atomic mass is 19.1. The van der Waals surface area contributed by atoms with Crippen molar-refractivity contribution in [3.8, 4) is 11.6 Å². The number of aromatic nitrogens is 4. The van der Waals surface area contributed by atoms with Gasteiger partial charge in [-0.1, -0.05) is 6.58 Å². The van der Waals surface area contributed by atoms with Crippen molar-refractivity contribution in [1.82, 2.24) is 24.9 Å². The number of rotatable bonds is 0. The Bertz CT molecular complexity index is 1200. The van der Waals surface area contributed by atoms with Crippen LogP contribution in [0.25, 0.3) is 11.3 Å². The number of fused-ring (bicyclic) bond motifs is 2. The van der Waals surface area contributed by atoms with Crippen molar-refractivity contribution in [3.63, 3.8) is 0 Å². The predicted octanol–water partition coefficient (Wildman–Crippen LogP) is 2.93. The summed E-state index contributed by atoms with van der Waals surface area (Å²) in [6, 6.07) is 1.51. The van der Waals surface area contributed by atoms with E-state index in [4.69, 9.17) is 14.5 Å². The van der Waals surface area contributed by atoms with E-state index in [0.717, 1.165) is 30.6 Å². The number of anilines is 1. The van der Waals surface area contributed by atoms with Gasteiger partial charge >= 0.3 is 0 Å². The second kappa shape index (κ2) is 6.57. The van der Waals surface area contributed by atoms with Crippen LogP contribution in [-0.2, 0) is 6.54 Å². The lowest BCUT2D eigenvalue weighted by Crippen LogP contribution is -2.60. The van der Waals surface area contributed by atoms with Crippen molar-refractivity contribution < 1.29 is 13.9 Å². The molecule has 6 rings (SSSR count). The fraction of sp³-hybridized carbons (Fsp3) is 0.409. The predicted molar refractivity (Wildman–Crippen MR) is 113 cm³/mol. The molecule has 2 bridgehead atoms. The summed E-state index contributed by atoms with van der Waals surface area (Å²) in [7, 11) is 0. The van der Waals surface area contributed by atoms with Gasteiger partial charge in [0.15, 0.2) is 17.2 Å². The SMILES string of the molecule is C=C1NC[C@H](C)Oc2ncc(F)cc2CN2c3nc4c1cnn4cc3OCC21CCC1. The summed E-state index contributed by atoms with van der Waals surface area (Å²) >= 11 is 0. The summed E-state index contributed by atoms with van der Waals surface area (Å²) in [5, 5.41) is 7.74. The van der Waals surface area contributed by atoms with Gasteiger partial charge in [-0.05, 0) is 32.3 Å². The zero-order chi connectivity index (χ0) is 21.2. The molecule has 0 amide bonds. The van der Waals surface area contributed by atoms with E-state index in [1.807, 2.05) is 13.1 Å². The molecule has 8 nitrogen and oxygen atoms in total. The lowest BCUT2D eigenvalue weighted by Gasteiger charge is -2.53. The van der Waals surface area contributed by atoms with Crippen molar-refractivity contribution in [2.24, 2.45) is 0 Å². The van der Waals surface area contributed by atoms with Crippen LogP contribution in [0.2, 0.25) is 0 Å². The van der Waals surface area contributed by atoms with E-state index in [1.54, 1.807) is 10.7 Å². The fourth-order valence-electron chi connectivity index (χ4n) is 4.60. The molecule has 0 aromatic carbocycles. The number of nitrogens with one attached hydrogen (secondary N) is 1. The largest absolute Gasteiger partial charge is 0.486 e. The van der Waals surface area contributed by atoms with Crippen LogP contribution in [0.4, 0.5) is 10.2 Å². The van der Waals surface area contributed by atoms with E-state index in [-0.39, 0.29) is 17.5 Å². The van der Waals surface area contributed by atoms with Crippen LogP contribution in [0.5, 0.6) is 11.6 Å². The van der Waals surface area contributed by atoms with Crippen LogP contribution in [0, 0.1) is 5.82 Å². The van der Waals surface area contributed by atoms with E-state index in [0.29, 0.717) is 48.2 Å². The highest BCUT2D eigenvalue weighted by Gasteiger charge is 2.48. The summed E-state index contributed by atoms with van der Waals surface area (Å²) in [5.41, 5.74) is 2.77. The molecule has 1 saturated carbocycles. The first kappa shape index (κ1) is 18.4. The monoisotopic (exact) mass is 422 g/mol. The highest BCUT2D eigenvalue weighted by molar-refractivity contribution is 5.75. The first-order chi connectivity index (χ1) is 15.0. The molecule has 3 aliphatic rings. The van der Waals surface area contributed by atoms with Gasteiger partial charge < -0.3 is 19.7 Å². The number of ether oxygens (including phenoxy) is 2. The number of halogens is 1. The number of nitrogens with zero attached hydrogens (tertiary/aromatic N) is 5. The summed E-state index contributed by atoms with van der Waals surface area (Å²) in [4.78, 5) is 11.5. The fourth-order valence-corrected chi connectivity index (χ4v) is 4.60. The molecule has 1 fully saturated rings. The van der Waals surface area contributed by atoms with Crippen LogP contribution >= 0.6 is 0 Å². The van der Waals surface area contributed by atoms with E-state index in [1.165, 1.54) is 12.3 Å². The lowest BCUT2D eigenvalue weighted by atomic mass is 9.75. The van der Waals surface area contributed by atoms with E-state index in [9.17, 15) is 4.39 Å². The van der Waals surface area contributed by atoms with E-state index in [2.05, 4.69) is 26.9 Å². The molecule has 1 aliphatic carbocycles. The smallest absolute Gasteiger partial charge is 0.218 e. The lowest BCUT2D eigenvalue weighted by molar-refractivity contribution is 0.110. The van der Waals surface area contributed by atoms with Gasteiger partial charge in [0.2, 0.25) is 5.88 Å². The molecule has 1 N–H and O–H groups in total. The average Bonchev–Trinajstić information content (AvgIpc) is 3.14. The van der Waals surface area contributed by atoms with E-state index < -0.39 is 0 Å². The average molecular weight is 422 g/mol. The maximum atomic E-state index is 14.2. The minimum absolute atomic E-state index is 0.164. The van der Waals surface area contributed by atoms with Crippen molar-refractivity contribution in [1.29, 1.82) is 0 Å². The van der Waals surface area contributed by atoms with Gasteiger partial charge in [0.25, 0.3) is 0 Å². The van der Waals surface area contributed by atoms with Crippen LogP contribution < -0.4 is 19.7 Å². The van der Waals surface area contributed by atoms with Crippen molar-refractivity contribution in [2.75, 3.05) is 18.1 Å². The molecule has 5 heterocycles. The third-order valence-electron chi connectivity index (χ3n) is 6.51. The third-order valence-corrected chi connectivity index (χ3v) is 6.51. The zero-order valence-corrected chi connectivity index (χ0v) is 17.3. The van der Waals surface area contributed by atoms with Gasteiger partial charge in [-0.2, -0.15) is 5.10 Å². The highest BCUT2D eigenvalue weighted by Crippen LogP contribution is 2.48. The van der Waals surface area contributed by atoms with Gasteiger partial charge in [0.05, 0.1) is 42.8 Å². The topological polar surface area (TPSA) is 76.8 Å². The standard InChI is InChI=1S/C22H23FN6O2/c1-13-7-24-14(2)17-9-26-29-11-18-20(27-19(17)29)28(22(12-30-18)4-3-5-22)10-15-6-16(23)8-25-21(15)31-13/h6,8-9,11,13,24H,2-5,7,10,12H2,1H3/t13-/m0/s1. The second-order valence-electron chi connectivity index (χ2n) is 8.61. The Morgan fingerprint density at radius 3 is 3.00 bits per heavy atom. The van der Waals surface area contributed by atoms with Crippen molar-refractivity contribution >= 4 is 17.2 Å². The van der Waals surface area contributed by atoms with Gasteiger partial charge in [0, 0.05) is 11.3 Å².